The van der Waals surface area contributed by atoms with Crippen LogP contribution in [0.15, 0.2) is 24.3 Å². The van der Waals surface area contributed by atoms with E-state index in [9.17, 15) is 9.90 Å². The zero-order valence-electron chi connectivity index (χ0n) is 12.8. The highest BCUT2D eigenvalue weighted by Crippen LogP contribution is 2.23. The lowest BCUT2D eigenvalue weighted by atomic mass is 9.87. The SMILES string of the molecule is CN(C)c1ccc(NC(=O)NCC2CCCC(O)C2)cc1. The molecule has 1 aromatic carbocycles. The predicted octanol–water partition coefficient (Wildman–Crippen LogP) is 2.43. The molecule has 1 fully saturated rings. The van der Waals surface area contributed by atoms with Crippen LogP contribution in [0.5, 0.6) is 0 Å². The second-order valence-corrected chi connectivity index (χ2v) is 5.96. The predicted molar refractivity (Wildman–Crippen MR) is 85.8 cm³/mol. The van der Waals surface area contributed by atoms with Crippen LogP contribution in [-0.4, -0.2) is 37.9 Å². The standard InChI is InChI=1S/C16H25N3O2/c1-19(2)14-8-6-13(7-9-14)18-16(21)17-11-12-4-3-5-15(20)10-12/h6-9,12,15,20H,3-5,10-11H2,1-2H3,(H2,17,18,21). The zero-order chi connectivity index (χ0) is 15.2. The molecule has 0 bridgehead atoms. The summed E-state index contributed by atoms with van der Waals surface area (Å²) in [6.07, 6.45) is 3.60. The molecule has 5 heteroatoms. The Kier molecular flexibility index (Phi) is 5.44. The molecule has 0 radical (unpaired) electrons. The van der Waals surface area contributed by atoms with Crippen LogP contribution < -0.4 is 15.5 Å². The summed E-state index contributed by atoms with van der Waals surface area (Å²) >= 11 is 0. The molecule has 116 valence electrons. The molecule has 5 nitrogen and oxygen atoms in total. The van der Waals surface area contributed by atoms with Crippen LogP contribution in [0.2, 0.25) is 0 Å². The lowest BCUT2D eigenvalue weighted by Gasteiger charge is -2.25. The van der Waals surface area contributed by atoms with Crippen molar-refractivity contribution in [2.24, 2.45) is 5.92 Å². The number of urea groups is 1. The van der Waals surface area contributed by atoms with Crippen molar-refractivity contribution < 1.29 is 9.90 Å². The number of anilines is 2. The highest BCUT2D eigenvalue weighted by Gasteiger charge is 2.20. The molecule has 2 amide bonds. The average molecular weight is 291 g/mol. The van der Waals surface area contributed by atoms with E-state index in [-0.39, 0.29) is 12.1 Å². The van der Waals surface area contributed by atoms with Gasteiger partial charge in [-0.2, -0.15) is 0 Å². The van der Waals surface area contributed by atoms with E-state index in [1.165, 1.54) is 0 Å². The number of nitrogens with one attached hydrogen (secondary N) is 2. The van der Waals surface area contributed by atoms with Crippen LogP contribution in [0, 0.1) is 5.92 Å². The Morgan fingerprint density at radius 3 is 2.62 bits per heavy atom. The van der Waals surface area contributed by atoms with E-state index in [2.05, 4.69) is 10.6 Å². The Bertz CT molecular complexity index is 459. The first-order valence-corrected chi connectivity index (χ1v) is 7.55. The second kappa shape index (κ2) is 7.31. The third kappa shape index (κ3) is 4.93. The van der Waals surface area contributed by atoms with Gasteiger partial charge in [-0.15, -0.1) is 0 Å². The van der Waals surface area contributed by atoms with E-state index in [1.54, 1.807) is 0 Å². The first kappa shape index (κ1) is 15.6. The topological polar surface area (TPSA) is 64.6 Å². The number of amides is 2. The highest BCUT2D eigenvalue weighted by atomic mass is 16.3. The van der Waals surface area contributed by atoms with Gasteiger partial charge in [-0.05, 0) is 49.4 Å². The minimum absolute atomic E-state index is 0.187. The van der Waals surface area contributed by atoms with Gasteiger partial charge in [-0.3, -0.25) is 0 Å². The third-order valence-corrected chi connectivity index (χ3v) is 3.95. The van der Waals surface area contributed by atoms with Crippen molar-refractivity contribution in [1.29, 1.82) is 0 Å². The summed E-state index contributed by atoms with van der Waals surface area (Å²) in [7, 11) is 3.96. The van der Waals surface area contributed by atoms with Crippen molar-refractivity contribution in [3.8, 4) is 0 Å². The summed E-state index contributed by atoms with van der Waals surface area (Å²) in [4.78, 5) is 13.9. The maximum Gasteiger partial charge on any atom is 0.319 e. The fourth-order valence-electron chi connectivity index (χ4n) is 2.70. The molecule has 1 aliphatic carbocycles. The van der Waals surface area contributed by atoms with Crippen molar-refractivity contribution in [1.82, 2.24) is 5.32 Å². The van der Waals surface area contributed by atoms with Crippen molar-refractivity contribution in [2.75, 3.05) is 30.9 Å². The van der Waals surface area contributed by atoms with E-state index in [4.69, 9.17) is 0 Å². The van der Waals surface area contributed by atoms with Gasteiger partial charge in [-0.25, -0.2) is 4.79 Å². The van der Waals surface area contributed by atoms with E-state index < -0.39 is 0 Å². The summed E-state index contributed by atoms with van der Waals surface area (Å²) in [6, 6.07) is 7.52. The van der Waals surface area contributed by atoms with Crippen LogP contribution in [0.1, 0.15) is 25.7 Å². The van der Waals surface area contributed by atoms with Gasteiger partial charge >= 0.3 is 6.03 Å². The van der Waals surface area contributed by atoms with Gasteiger partial charge in [0.05, 0.1) is 6.10 Å². The van der Waals surface area contributed by atoms with Crippen LogP contribution in [-0.2, 0) is 0 Å². The van der Waals surface area contributed by atoms with E-state index in [0.717, 1.165) is 37.1 Å². The lowest BCUT2D eigenvalue weighted by molar-refractivity contribution is 0.101. The molecule has 1 aliphatic rings. The quantitative estimate of drug-likeness (QED) is 0.798. The van der Waals surface area contributed by atoms with E-state index in [0.29, 0.717) is 12.5 Å². The van der Waals surface area contributed by atoms with Gasteiger partial charge < -0.3 is 20.6 Å². The number of nitrogens with zero attached hydrogens (tertiary/aromatic N) is 1. The molecule has 3 N–H and O–H groups in total. The smallest absolute Gasteiger partial charge is 0.319 e. The fourth-order valence-corrected chi connectivity index (χ4v) is 2.70. The largest absolute Gasteiger partial charge is 0.393 e. The minimum Gasteiger partial charge on any atom is -0.393 e. The summed E-state index contributed by atoms with van der Waals surface area (Å²) in [6.45, 7) is 0.624. The molecular formula is C16H25N3O2. The molecule has 0 aromatic heterocycles. The van der Waals surface area contributed by atoms with Crippen molar-refractivity contribution >= 4 is 17.4 Å². The summed E-state index contributed by atoms with van der Waals surface area (Å²) in [5.74, 6) is 0.385. The van der Waals surface area contributed by atoms with Crippen LogP contribution in [0.4, 0.5) is 16.2 Å². The summed E-state index contributed by atoms with van der Waals surface area (Å²) in [5, 5.41) is 15.3. The monoisotopic (exact) mass is 291 g/mol. The molecule has 1 aromatic rings. The number of rotatable bonds is 4. The van der Waals surface area contributed by atoms with Crippen LogP contribution in [0.25, 0.3) is 0 Å². The molecule has 0 aliphatic heterocycles. The second-order valence-electron chi connectivity index (χ2n) is 5.96. The Morgan fingerprint density at radius 2 is 2.00 bits per heavy atom. The van der Waals surface area contributed by atoms with Crippen LogP contribution in [0.3, 0.4) is 0 Å². The maximum absolute atomic E-state index is 11.9. The molecule has 2 unspecified atom stereocenters. The van der Waals surface area contributed by atoms with Gasteiger partial charge in [-0.1, -0.05) is 6.42 Å². The Labute approximate surface area is 126 Å². The van der Waals surface area contributed by atoms with Crippen molar-refractivity contribution in [2.45, 2.75) is 31.8 Å². The lowest BCUT2D eigenvalue weighted by Crippen LogP contribution is -2.35. The number of aliphatic hydroxyl groups is 1. The Balaban J connectivity index is 1.76. The van der Waals surface area contributed by atoms with Gasteiger partial charge in [0.1, 0.15) is 0 Å². The average Bonchev–Trinajstić information content (AvgIpc) is 2.46. The molecular weight excluding hydrogens is 266 g/mol. The maximum atomic E-state index is 11.9. The molecule has 2 atom stereocenters. The molecule has 21 heavy (non-hydrogen) atoms. The van der Waals surface area contributed by atoms with Crippen molar-refractivity contribution in [3.63, 3.8) is 0 Å². The molecule has 2 rings (SSSR count). The zero-order valence-corrected chi connectivity index (χ0v) is 12.8. The number of benzene rings is 1. The first-order valence-electron chi connectivity index (χ1n) is 7.55. The summed E-state index contributed by atoms with van der Waals surface area (Å²) < 4.78 is 0. The Morgan fingerprint density at radius 1 is 1.29 bits per heavy atom. The van der Waals surface area contributed by atoms with E-state index >= 15 is 0 Å². The third-order valence-electron chi connectivity index (χ3n) is 3.95. The van der Waals surface area contributed by atoms with Crippen LogP contribution >= 0.6 is 0 Å². The Hall–Kier alpha value is -1.75. The number of hydrogen-bond acceptors (Lipinski definition) is 3. The molecule has 0 spiro atoms. The van der Waals surface area contributed by atoms with Gasteiger partial charge in [0.2, 0.25) is 0 Å². The number of hydrogen-bond donors (Lipinski definition) is 3. The molecule has 1 saturated carbocycles. The highest BCUT2D eigenvalue weighted by molar-refractivity contribution is 5.89. The first-order chi connectivity index (χ1) is 10.0. The number of carbonyl (C=O) groups is 1. The van der Waals surface area contributed by atoms with Gasteiger partial charge in [0, 0.05) is 32.0 Å². The summed E-state index contributed by atoms with van der Waals surface area (Å²) in [5.41, 5.74) is 1.87. The van der Waals surface area contributed by atoms with E-state index in [1.807, 2.05) is 43.3 Å². The number of carbonyl (C=O) groups excluding carboxylic acids is 1. The minimum atomic E-state index is -0.202. The normalized spacial score (nSPS) is 21.7. The molecule has 0 heterocycles. The van der Waals surface area contributed by atoms with Gasteiger partial charge in [0.15, 0.2) is 0 Å². The van der Waals surface area contributed by atoms with Gasteiger partial charge in [0.25, 0.3) is 0 Å². The van der Waals surface area contributed by atoms with Crippen molar-refractivity contribution in [3.05, 3.63) is 24.3 Å². The number of aliphatic hydroxyl groups excluding tert-OH is 1. The fraction of sp³-hybridized carbons (Fsp3) is 0.562. The molecule has 0 saturated heterocycles.